The number of rotatable bonds is 8. The van der Waals surface area contributed by atoms with Crippen LogP contribution < -0.4 is 9.62 Å². The van der Waals surface area contributed by atoms with E-state index in [9.17, 15) is 17.6 Å². The van der Waals surface area contributed by atoms with Gasteiger partial charge in [-0.1, -0.05) is 18.2 Å². The highest BCUT2D eigenvalue weighted by Crippen LogP contribution is 2.25. The van der Waals surface area contributed by atoms with Crippen LogP contribution in [0.3, 0.4) is 0 Å². The first kappa shape index (κ1) is 26.1. The zero-order valence-corrected chi connectivity index (χ0v) is 19.8. The van der Waals surface area contributed by atoms with Gasteiger partial charge in [0.2, 0.25) is 10.0 Å². The third-order valence-corrected chi connectivity index (χ3v) is 7.04. The Hall–Kier alpha value is -2.20. The molecule has 0 aliphatic carbocycles. The van der Waals surface area contributed by atoms with E-state index in [-0.39, 0.29) is 35.8 Å². The van der Waals surface area contributed by atoms with Crippen molar-refractivity contribution in [2.45, 2.75) is 20.0 Å². The number of nitrogens with zero attached hydrogens (tertiary/aromatic N) is 2. The van der Waals surface area contributed by atoms with E-state index in [0.29, 0.717) is 5.69 Å². The molecule has 1 aliphatic heterocycles. The molecule has 32 heavy (non-hydrogen) atoms. The molecule has 176 valence electrons. The Morgan fingerprint density at radius 3 is 2.53 bits per heavy atom. The fourth-order valence-electron chi connectivity index (χ4n) is 3.52. The molecule has 0 atom stereocenters. The lowest BCUT2D eigenvalue weighted by atomic mass is 10.1. The maximum Gasteiger partial charge on any atom is 0.337 e. The second-order valence-corrected chi connectivity index (χ2v) is 9.58. The number of piperazine rings is 1. The van der Waals surface area contributed by atoms with E-state index in [0.717, 1.165) is 44.4 Å². The molecule has 1 heterocycles. The first-order valence-electron chi connectivity index (χ1n) is 10.2. The van der Waals surface area contributed by atoms with Crippen molar-refractivity contribution in [3.8, 4) is 0 Å². The van der Waals surface area contributed by atoms with Gasteiger partial charge in [-0.3, -0.25) is 9.21 Å². The number of hydrogen-bond donors (Lipinski definition) is 1. The van der Waals surface area contributed by atoms with Gasteiger partial charge in [0.15, 0.2) is 0 Å². The number of hydrogen-bond acceptors (Lipinski definition) is 6. The van der Waals surface area contributed by atoms with Crippen molar-refractivity contribution >= 4 is 34.1 Å². The monoisotopic (exact) mass is 485 g/mol. The van der Waals surface area contributed by atoms with Crippen LogP contribution in [0.5, 0.6) is 0 Å². The van der Waals surface area contributed by atoms with Crippen LogP contribution in [0.15, 0.2) is 42.5 Å². The average molecular weight is 486 g/mol. The second-order valence-electron chi connectivity index (χ2n) is 7.40. The molecule has 0 amide bonds. The Kier molecular flexibility index (Phi) is 9.45. The number of nitrogens with one attached hydrogen (secondary N) is 1. The number of benzene rings is 2. The predicted octanol–water partition coefficient (Wildman–Crippen LogP) is 2.80. The van der Waals surface area contributed by atoms with Crippen molar-refractivity contribution in [1.29, 1.82) is 0 Å². The van der Waals surface area contributed by atoms with Gasteiger partial charge in [-0.25, -0.2) is 17.6 Å². The molecule has 0 saturated carbocycles. The minimum atomic E-state index is -3.66. The van der Waals surface area contributed by atoms with E-state index in [1.807, 2.05) is 18.2 Å². The molecule has 1 fully saturated rings. The summed E-state index contributed by atoms with van der Waals surface area (Å²) < 4.78 is 46.2. The van der Waals surface area contributed by atoms with Gasteiger partial charge in [-0.15, -0.1) is 12.4 Å². The molecule has 0 aromatic heterocycles. The van der Waals surface area contributed by atoms with Crippen molar-refractivity contribution in [2.24, 2.45) is 0 Å². The molecule has 3 rings (SSSR count). The highest BCUT2D eigenvalue weighted by Gasteiger charge is 2.23. The van der Waals surface area contributed by atoms with Crippen LogP contribution in [0.25, 0.3) is 0 Å². The zero-order chi connectivity index (χ0) is 22.4. The maximum atomic E-state index is 14.7. The van der Waals surface area contributed by atoms with Gasteiger partial charge in [0.25, 0.3) is 0 Å². The Balaban J connectivity index is 0.00000363. The molecule has 1 aliphatic rings. The summed E-state index contributed by atoms with van der Waals surface area (Å²) in [4.78, 5) is 13.9. The third kappa shape index (κ3) is 6.41. The summed E-state index contributed by atoms with van der Waals surface area (Å²) in [6, 6.07) is 11.3. The summed E-state index contributed by atoms with van der Waals surface area (Å²) in [7, 11) is -2.44. The quantitative estimate of drug-likeness (QED) is 0.579. The molecule has 2 aromatic rings. The summed E-state index contributed by atoms with van der Waals surface area (Å²) in [6.07, 6.45) is 0. The SMILES string of the molecule is CCS(=O)(=O)N(Cc1ccc(C(=O)OC)cc1F)c1cccc(CN2CCNCC2)c1.Cl. The highest BCUT2D eigenvalue weighted by molar-refractivity contribution is 7.92. The van der Waals surface area contributed by atoms with Crippen molar-refractivity contribution < 1.29 is 22.3 Å². The number of halogens is 2. The van der Waals surface area contributed by atoms with Crippen LogP contribution in [0, 0.1) is 5.82 Å². The number of esters is 1. The molecule has 0 spiro atoms. The molecule has 1 N–H and O–H groups in total. The summed E-state index contributed by atoms with van der Waals surface area (Å²) in [6.45, 7) is 5.83. The van der Waals surface area contributed by atoms with Gasteiger partial charge in [0.1, 0.15) is 5.82 Å². The smallest absolute Gasteiger partial charge is 0.337 e. The summed E-state index contributed by atoms with van der Waals surface area (Å²) in [5.41, 5.74) is 1.74. The fourth-order valence-corrected chi connectivity index (χ4v) is 4.60. The van der Waals surface area contributed by atoms with E-state index in [4.69, 9.17) is 0 Å². The lowest BCUT2D eigenvalue weighted by molar-refractivity contribution is 0.0600. The number of carbonyl (C=O) groups is 1. The van der Waals surface area contributed by atoms with Gasteiger partial charge in [-0.2, -0.15) is 0 Å². The van der Waals surface area contributed by atoms with Crippen molar-refractivity contribution in [2.75, 3.05) is 43.3 Å². The van der Waals surface area contributed by atoms with Crippen molar-refractivity contribution in [3.05, 3.63) is 65.0 Å². The summed E-state index contributed by atoms with van der Waals surface area (Å²) in [5.74, 6) is -1.42. The highest BCUT2D eigenvalue weighted by atomic mass is 35.5. The van der Waals surface area contributed by atoms with E-state index in [2.05, 4.69) is 15.0 Å². The predicted molar refractivity (Wildman–Crippen MR) is 125 cm³/mol. The van der Waals surface area contributed by atoms with Gasteiger partial charge in [0, 0.05) is 38.3 Å². The topological polar surface area (TPSA) is 79.0 Å². The Bertz CT molecular complexity index is 1030. The van der Waals surface area contributed by atoms with E-state index in [1.54, 1.807) is 13.0 Å². The lowest BCUT2D eigenvalue weighted by Gasteiger charge is -2.28. The molecular weight excluding hydrogens is 457 g/mol. The zero-order valence-electron chi connectivity index (χ0n) is 18.2. The van der Waals surface area contributed by atoms with Gasteiger partial charge >= 0.3 is 5.97 Å². The van der Waals surface area contributed by atoms with Crippen LogP contribution in [-0.2, 0) is 27.8 Å². The Morgan fingerprint density at radius 1 is 1.19 bits per heavy atom. The minimum Gasteiger partial charge on any atom is -0.465 e. The van der Waals surface area contributed by atoms with Crippen LogP contribution in [0.2, 0.25) is 0 Å². The molecule has 10 heteroatoms. The lowest BCUT2D eigenvalue weighted by Crippen LogP contribution is -2.42. The normalized spacial score (nSPS) is 14.5. The number of ether oxygens (including phenoxy) is 1. The average Bonchev–Trinajstić information content (AvgIpc) is 2.78. The van der Waals surface area contributed by atoms with Crippen molar-refractivity contribution in [3.63, 3.8) is 0 Å². The molecule has 0 unspecified atom stereocenters. The van der Waals surface area contributed by atoms with Crippen LogP contribution in [-0.4, -0.2) is 58.3 Å². The standard InChI is InChI=1S/C22H28FN3O4S.ClH/c1-3-31(28,29)26(16-19-8-7-18(14-21(19)23)22(27)30-2)20-6-4-5-17(13-20)15-25-11-9-24-10-12-25;/h4-8,13-14,24H,3,9-12,15-16H2,1-2H3;1H. The molecule has 0 bridgehead atoms. The van der Waals surface area contributed by atoms with Gasteiger partial charge < -0.3 is 10.1 Å². The number of methoxy groups -OCH3 is 1. The van der Waals surface area contributed by atoms with Crippen molar-refractivity contribution in [1.82, 2.24) is 10.2 Å². The minimum absolute atomic E-state index is 0. The van der Waals surface area contributed by atoms with Crippen LogP contribution in [0.4, 0.5) is 10.1 Å². The van der Waals surface area contributed by atoms with E-state index >= 15 is 0 Å². The number of sulfonamides is 1. The first-order chi connectivity index (χ1) is 14.8. The van der Waals surface area contributed by atoms with Crippen LogP contribution >= 0.6 is 12.4 Å². The maximum absolute atomic E-state index is 14.7. The molecule has 0 radical (unpaired) electrons. The Morgan fingerprint density at radius 2 is 1.91 bits per heavy atom. The summed E-state index contributed by atoms with van der Waals surface area (Å²) in [5, 5.41) is 3.31. The largest absolute Gasteiger partial charge is 0.465 e. The van der Waals surface area contributed by atoms with E-state index < -0.39 is 21.8 Å². The fraction of sp³-hybridized carbons (Fsp3) is 0.409. The number of carbonyl (C=O) groups excluding carboxylic acids is 1. The van der Waals surface area contributed by atoms with Crippen LogP contribution in [0.1, 0.15) is 28.4 Å². The third-order valence-electron chi connectivity index (χ3n) is 5.30. The van der Waals surface area contributed by atoms with E-state index in [1.165, 1.54) is 23.5 Å². The molecule has 7 nitrogen and oxygen atoms in total. The summed E-state index contributed by atoms with van der Waals surface area (Å²) >= 11 is 0. The van der Waals surface area contributed by atoms with Gasteiger partial charge in [0.05, 0.1) is 30.7 Å². The molecular formula is C22H29ClFN3O4S. The Labute approximate surface area is 195 Å². The molecule has 1 saturated heterocycles. The first-order valence-corrected chi connectivity index (χ1v) is 11.8. The molecule has 2 aromatic carbocycles. The van der Waals surface area contributed by atoms with Gasteiger partial charge in [-0.05, 0) is 36.8 Å². The second kappa shape index (κ2) is 11.6. The number of anilines is 1.